The zero-order valence-electron chi connectivity index (χ0n) is 14.0. The Hall–Kier alpha value is -2.89. The zero-order valence-corrected chi connectivity index (χ0v) is 14.0. The molecule has 2 aromatic rings. The predicted molar refractivity (Wildman–Crippen MR) is 95.8 cm³/mol. The van der Waals surface area contributed by atoms with Crippen LogP contribution in [0, 0.1) is 5.82 Å². The van der Waals surface area contributed by atoms with Gasteiger partial charge < -0.3 is 15.5 Å². The molecule has 2 N–H and O–H groups in total. The van der Waals surface area contributed by atoms with Gasteiger partial charge in [-0.3, -0.25) is 4.79 Å². The molecular weight excluding hydrogens is 321 g/mol. The van der Waals surface area contributed by atoms with Gasteiger partial charge in [0, 0.05) is 36.6 Å². The van der Waals surface area contributed by atoms with Gasteiger partial charge in [-0.2, -0.15) is 0 Å². The molecule has 2 amide bonds. The Kier molecular flexibility index (Phi) is 4.97. The Morgan fingerprint density at radius 2 is 2.04 bits per heavy atom. The third kappa shape index (κ3) is 4.15. The number of ketones is 1. The van der Waals surface area contributed by atoms with Crippen molar-refractivity contribution in [1.82, 2.24) is 5.32 Å². The van der Waals surface area contributed by atoms with E-state index >= 15 is 0 Å². The molecular formula is C19H20FN3O2. The molecule has 1 aliphatic rings. The topological polar surface area (TPSA) is 61.4 Å². The van der Waals surface area contributed by atoms with Gasteiger partial charge in [0.2, 0.25) is 0 Å². The molecule has 0 atom stereocenters. The second-order valence-corrected chi connectivity index (χ2v) is 6.03. The molecule has 3 rings (SSSR count). The Balaban J connectivity index is 1.49. The second kappa shape index (κ2) is 7.34. The van der Waals surface area contributed by atoms with Crippen molar-refractivity contribution in [1.29, 1.82) is 0 Å². The summed E-state index contributed by atoms with van der Waals surface area (Å²) in [5, 5.41) is 5.52. The molecule has 1 heterocycles. The molecule has 0 saturated carbocycles. The van der Waals surface area contributed by atoms with Gasteiger partial charge >= 0.3 is 6.03 Å². The largest absolute Gasteiger partial charge is 0.369 e. The van der Waals surface area contributed by atoms with Gasteiger partial charge in [0.15, 0.2) is 5.78 Å². The summed E-state index contributed by atoms with van der Waals surface area (Å²) in [7, 11) is 0. The molecule has 5 nitrogen and oxygen atoms in total. The second-order valence-electron chi connectivity index (χ2n) is 6.03. The Bertz CT molecular complexity index is 807. The van der Waals surface area contributed by atoms with E-state index in [1.807, 2.05) is 0 Å². The predicted octanol–water partition coefficient (Wildman–Crippen LogP) is 3.21. The van der Waals surface area contributed by atoms with Crippen molar-refractivity contribution in [2.45, 2.75) is 13.3 Å². The number of amides is 2. The third-order valence-electron chi connectivity index (χ3n) is 4.23. The maximum absolute atomic E-state index is 13.2. The van der Waals surface area contributed by atoms with E-state index in [2.05, 4.69) is 15.5 Å². The third-order valence-corrected chi connectivity index (χ3v) is 4.23. The fraction of sp³-hybridized carbons (Fsp3) is 0.263. The van der Waals surface area contributed by atoms with Crippen LogP contribution in [0.4, 0.5) is 20.6 Å². The number of Topliss-reactive ketones (excluding diaryl/α,β-unsaturated/α-hetero) is 1. The number of halogens is 1. The molecule has 0 fully saturated rings. The molecule has 2 aromatic carbocycles. The van der Waals surface area contributed by atoms with Crippen LogP contribution in [0.25, 0.3) is 0 Å². The summed E-state index contributed by atoms with van der Waals surface area (Å²) < 4.78 is 13.2. The SMILES string of the molecule is CC(=O)c1cccc(NC(=O)NCCN2CCc3cc(F)ccc32)c1. The van der Waals surface area contributed by atoms with Crippen LogP contribution in [-0.2, 0) is 6.42 Å². The van der Waals surface area contributed by atoms with E-state index in [-0.39, 0.29) is 17.6 Å². The first-order valence-electron chi connectivity index (χ1n) is 8.22. The molecule has 0 unspecified atom stereocenters. The number of nitrogens with one attached hydrogen (secondary N) is 2. The lowest BCUT2D eigenvalue weighted by Gasteiger charge is -2.19. The van der Waals surface area contributed by atoms with Crippen molar-refractivity contribution in [3.05, 3.63) is 59.4 Å². The highest BCUT2D eigenvalue weighted by atomic mass is 19.1. The Morgan fingerprint density at radius 3 is 2.84 bits per heavy atom. The number of urea groups is 1. The average molecular weight is 341 g/mol. The van der Waals surface area contributed by atoms with E-state index in [0.717, 1.165) is 24.2 Å². The first kappa shape index (κ1) is 17.0. The van der Waals surface area contributed by atoms with Crippen molar-refractivity contribution in [2.24, 2.45) is 0 Å². The molecule has 0 radical (unpaired) electrons. The normalized spacial score (nSPS) is 12.6. The molecule has 0 spiro atoms. The highest BCUT2D eigenvalue weighted by Crippen LogP contribution is 2.27. The number of benzene rings is 2. The molecule has 1 aliphatic heterocycles. The smallest absolute Gasteiger partial charge is 0.319 e. The fourth-order valence-electron chi connectivity index (χ4n) is 2.97. The van der Waals surface area contributed by atoms with Crippen molar-refractivity contribution in [3.63, 3.8) is 0 Å². The minimum atomic E-state index is -0.320. The van der Waals surface area contributed by atoms with E-state index in [1.54, 1.807) is 36.4 Å². The number of rotatable bonds is 5. The number of fused-ring (bicyclic) bond motifs is 1. The number of carbonyl (C=O) groups is 2. The highest BCUT2D eigenvalue weighted by Gasteiger charge is 2.19. The summed E-state index contributed by atoms with van der Waals surface area (Å²) in [6.07, 6.45) is 0.817. The lowest BCUT2D eigenvalue weighted by molar-refractivity contribution is 0.101. The monoisotopic (exact) mass is 341 g/mol. The van der Waals surface area contributed by atoms with E-state index in [0.29, 0.717) is 24.3 Å². The number of anilines is 2. The van der Waals surface area contributed by atoms with Crippen molar-refractivity contribution >= 4 is 23.2 Å². The quantitative estimate of drug-likeness (QED) is 0.821. The zero-order chi connectivity index (χ0) is 17.8. The van der Waals surface area contributed by atoms with Crippen LogP contribution >= 0.6 is 0 Å². The van der Waals surface area contributed by atoms with Gasteiger partial charge in [0.05, 0.1) is 0 Å². The maximum Gasteiger partial charge on any atom is 0.319 e. The standard InChI is InChI=1S/C19H20FN3O2/c1-13(24)14-3-2-4-17(12-14)22-19(25)21-8-10-23-9-7-15-11-16(20)5-6-18(15)23/h2-6,11-12H,7-10H2,1H3,(H2,21,22,25). The fourth-order valence-corrected chi connectivity index (χ4v) is 2.97. The molecule has 0 bridgehead atoms. The van der Waals surface area contributed by atoms with E-state index < -0.39 is 0 Å². The number of hydrogen-bond acceptors (Lipinski definition) is 3. The van der Waals surface area contributed by atoms with Crippen molar-refractivity contribution in [2.75, 3.05) is 29.9 Å². The van der Waals surface area contributed by atoms with Crippen LogP contribution in [-0.4, -0.2) is 31.4 Å². The summed E-state index contributed by atoms with van der Waals surface area (Å²) >= 11 is 0. The van der Waals surface area contributed by atoms with Crippen LogP contribution in [0.5, 0.6) is 0 Å². The van der Waals surface area contributed by atoms with E-state index in [4.69, 9.17) is 0 Å². The number of nitrogens with zero attached hydrogens (tertiary/aromatic N) is 1. The lowest BCUT2D eigenvalue weighted by Crippen LogP contribution is -2.36. The average Bonchev–Trinajstić information content (AvgIpc) is 2.97. The van der Waals surface area contributed by atoms with Gasteiger partial charge in [-0.25, -0.2) is 9.18 Å². The maximum atomic E-state index is 13.2. The summed E-state index contributed by atoms with van der Waals surface area (Å²) in [5.41, 5.74) is 3.16. The van der Waals surface area contributed by atoms with Crippen molar-refractivity contribution in [3.8, 4) is 0 Å². The molecule has 130 valence electrons. The van der Waals surface area contributed by atoms with Gasteiger partial charge in [-0.15, -0.1) is 0 Å². The van der Waals surface area contributed by atoms with Gasteiger partial charge in [0.1, 0.15) is 5.82 Å². The molecule has 25 heavy (non-hydrogen) atoms. The van der Waals surface area contributed by atoms with Crippen LogP contribution in [0.2, 0.25) is 0 Å². The van der Waals surface area contributed by atoms with Gasteiger partial charge in [0.25, 0.3) is 0 Å². The van der Waals surface area contributed by atoms with Gasteiger partial charge in [-0.1, -0.05) is 12.1 Å². The van der Waals surface area contributed by atoms with Crippen LogP contribution in [0.1, 0.15) is 22.8 Å². The molecule has 0 saturated heterocycles. The van der Waals surface area contributed by atoms with Crippen LogP contribution in [0.15, 0.2) is 42.5 Å². The van der Waals surface area contributed by atoms with E-state index in [1.165, 1.54) is 13.0 Å². The van der Waals surface area contributed by atoms with Crippen molar-refractivity contribution < 1.29 is 14.0 Å². The minimum absolute atomic E-state index is 0.0480. The molecule has 0 aromatic heterocycles. The number of hydrogen-bond donors (Lipinski definition) is 2. The van der Waals surface area contributed by atoms with E-state index in [9.17, 15) is 14.0 Å². The first-order valence-corrected chi connectivity index (χ1v) is 8.22. The lowest BCUT2D eigenvalue weighted by atomic mass is 10.1. The van der Waals surface area contributed by atoms with Gasteiger partial charge in [-0.05, 0) is 49.2 Å². The summed E-state index contributed by atoms with van der Waals surface area (Å²) in [4.78, 5) is 25.5. The summed E-state index contributed by atoms with van der Waals surface area (Å²) in [6, 6.07) is 11.3. The minimum Gasteiger partial charge on any atom is -0.369 e. The molecule has 6 heteroatoms. The number of carbonyl (C=O) groups excluding carboxylic acids is 2. The highest BCUT2D eigenvalue weighted by molar-refractivity contribution is 5.96. The molecule has 0 aliphatic carbocycles. The van der Waals surface area contributed by atoms with Crippen LogP contribution < -0.4 is 15.5 Å². The Labute approximate surface area is 145 Å². The Morgan fingerprint density at radius 1 is 1.20 bits per heavy atom. The summed E-state index contributed by atoms with van der Waals surface area (Å²) in [5.74, 6) is -0.265. The van der Waals surface area contributed by atoms with Crippen LogP contribution in [0.3, 0.4) is 0 Å². The summed E-state index contributed by atoms with van der Waals surface area (Å²) in [6.45, 7) is 3.43. The first-order chi connectivity index (χ1) is 12.0.